The van der Waals surface area contributed by atoms with Crippen molar-refractivity contribution < 1.29 is 19.1 Å². The van der Waals surface area contributed by atoms with Crippen LogP contribution in [0, 0.1) is 0 Å². The molecular weight excluding hydrogens is 260 g/mol. The van der Waals surface area contributed by atoms with Crippen LogP contribution in [0.3, 0.4) is 0 Å². The number of esters is 1. The molecule has 0 bridgehead atoms. The van der Waals surface area contributed by atoms with Crippen LogP contribution in [0.25, 0.3) is 0 Å². The number of amides is 1. The molecule has 0 radical (unpaired) electrons. The van der Waals surface area contributed by atoms with Gasteiger partial charge >= 0.3 is 5.97 Å². The molecule has 110 valence electrons. The number of allylic oxidation sites excluding steroid dienone is 1. The Balaban J connectivity index is 3.21. The fourth-order valence-electron chi connectivity index (χ4n) is 1.60. The van der Waals surface area contributed by atoms with E-state index >= 15 is 0 Å². The summed E-state index contributed by atoms with van der Waals surface area (Å²) >= 11 is 0. The number of aliphatic imine (C=N–C) groups is 1. The van der Waals surface area contributed by atoms with Gasteiger partial charge in [0.2, 0.25) is 0 Å². The van der Waals surface area contributed by atoms with E-state index in [1.165, 1.54) is 13.2 Å². The second-order valence-electron chi connectivity index (χ2n) is 4.46. The highest BCUT2D eigenvalue weighted by Crippen LogP contribution is 2.17. The van der Waals surface area contributed by atoms with E-state index in [2.05, 4.69) is 10.3 Å². The van der Waals surface area contributed by atoms with Gasteiger partial charge in [-0.1, -0.05) is 5.57 Å². The smallest absolute Gasteiger partial charge is 0.343 e. The lowest BCUT2D eigenvalue weighted by molar-refractivity contribution is -0.140. The molecule has 0 fully saturated rings. The number of carbonyl (C=O) groups excluding carboxylic acids is 2. The van der Waals surface area contributed by atoms with E-state index in [1.54, 1.807) is 13.8 Å². The maximum absolute atomic E-state index is 11.9. The molecule has 0 aromatic carbocycles. The molecule has 1 rings (SSSR count). The molecule has 0 aromatic rings. The minimum atomic E-state index is -0.636. The Morgan fingerprint density at radius 1 is 1.45 bits per heavy atom. The van der Waals surface area contributed by atoms with Gasteiger partial charge in [0, 0.05) is 12.7 Å². The molecule has 6 nitrogen and oxygen atoms in total. The highest BCUT2D eigenvalue weighted by atomic mass is 16.5. The number of methoxy groups -OCH3 is 1. The van der Waals surface area contributed by atoms with E-state index in [0.717, 1.165) is 5.57 Å². The lowest BCUT2D eigenvalue weighted by Gasteiger charge is -2.20. The summed E-state index contributed by atoms with van der Waals surface area (Å²) in [5.74, 6) is -0.754. The maximum Gasteiger partial charge on any atom is 0.343 e. The van der Waals surface area contributed by atoms with Gasteiger partial charge in [0.15, 0.2) is 0 Å². The SMILES string of the molecule is CCOC(=O)C1=CC(=C(C)C)C(=NC(C)OC)NC1=O. The zero-order valence-corrected chi connectivity index (χ0v) is 12.4. The summed E-state index contributed by atoms with van der Waals surface area (Å²) in [6.07, 6.45) is 1.12. The van der Waals surface area contributed by atoms with Crippen molar-refractivity contribution >= 4 is 17.7 Å². The highest BCUT2D eigenvalue weighted by molar-refractivity contribution is 6.27. The summed E-state index contributed by atoms with van der Waals surface area (Å²) in [6.45, 7) is 7.41. The van der Waals surface area contributed by atoms with Gasteiger partial charge in [-0.3, -0.25) is 4.79 Å². The van der Waals surface area contributed by atoms with Gasteiger partial charge in [-0.05, 0) is 33.8 Å². The predicted molar refractivity (Wildman–Crippen MR) is 75.1 cm³/mol. The first-order chi connectivity index (χ1) is 9.40. The number of hydrogen-bond donors (Lipinski definition) is 1. The van der Waals surface area contributed by atoms with E-state index in [4.69, 9.17) is 9.47 Å². The summed E-state index contributed by atoms with van der Waals surface area (Å²) in [5, 5.41) is 2.61. The predicted octanol–water partition coefficient (Wildman–Crippen LogP) is 1.33. The average Bonchev–Trinajstić information content (AvgIpc) is 2.38. The number of nitrogens with one attached hydrogen (secondary N) is 1. The summed E-state index contributed by atoms with van der Waals surface area (Å²) in [4.78, 5) is 27.9. The van der Waals surface area contributed by atoms with Gasteiger partial charge in [-0.25, -0.2) is 9.79 Å². The third-order valence-corrected chi connectivity index (χ3v) is 2.71. The number of hydrogen-bond acceptors (Lipinski definition) is 5. The molecule has 1 unspecified atom stereocenters. The van der Waals surface area contributed by atoms with Crippen LogP contribution in [0.1, 0.15) is 27.7 Å². The number of amidine groups is 1. The van der Waals surface area contributed by atoms with E-state index < -0.39 is 18.1 Å². The summed E-state index contributed by atoms with van der Waals surface area (Å²) in [5.41, 5.74) is 1.59. The van der Waals surface area contributed by atoms with Crippen molar-refractivity contribution in [1.82, 2.24) is 5.32 Å². The molecule has 1 N–H and O–H groups in total. The van der Waals surface area contributed by atoms with Gasteiger partial charge in [-0.15, -0.1) is 0 Å². The molecule has 0 saturated carbocycles. The van der Waals surface area contributed by atoms with Crippen molar-refractivity contribution in [2.45, 2.75) is 33.9 Å². The Kier molecular flexibility index (Phi) is 5.64. The van der Waals surface area contributed by atoms with Crippen LogP contribution in [0.5, 0.6) is 0 Å². The molecule has 1 amide bonds. The first kappa shape index (κ1) is 16.1. The first-order valence-electron chi connectivity index (χ1n) is 6.39. The lowest BCUT2D eigenvalue weighted by atomic mass is 10.0. The van der Waals surface area contributed by atoms with Crippen molar-refractivity contribution in [3.05, 3.63) is 22.8 Å². The lowest BCUT2D eigenvalue weighted by Crippen LogP contribution is -2.40. The van der Waals surface area contributed by atoms with Gasteiger partial charge in [-0.2, -0.15) is 0 Å². The zero-order valence-electron chi connectivity index (χ0n) is 12.4. The second-order valence-corrected chi connectivity index (χ2v) is 4.46. The molecule has 1 heterocycles. The van der Waals surface area contributed by atoms with Crippen molar-refractivity contribution in [1.29, 1.82) is 0 Å². The summed E-state index contributed by atoms with van der Waals surface area (Å²) < 4.78 is 9.92. The van der Waals surface area contributed by atoms with Gasteiger partial charge in [0.1, 0.15) is 17.6 Å². The molecule has 0 aromatic heterocycles. The standard InChI is InChI=1S/C14H20N2O4/c1-6-20-14(18)11-7-10(8(2)3)12(16-13(11)17)15-9(4)19-5/h7,9H,6H2,1-5H3,(H,15,16,17). The Hall–Kier alpha value is -1.95. The number of ether oxygens (including phenoxy) is 2. The molecule has 0 saturated heterocycles. The Morgan fingerprint density at radius 2 is 2.10 bits per heavy atom. The fraction of sp³-hybridized carbons (Fsp3) is 0.500. The zero-order chi connectivity index (χ0) is 15.3. The molecule has 1 aliphatic heterocycles. The van der Waals surface area contributed by atoms with Crippen LogP contribution in [-0.4, -0.2) is 37.7 Å². The fourth-order valence-corrected chi connectivity index (χ4v) is 1.60. The van der Waals surface area contributed by atoms with Gasteiger partial charge in [0.05, 0.1) is 6.61 Å². The van der Waals surface area contributed by atoms with Crippen LogP contribution in [0.2, 0.25) is 0 Å². The molecule has 6 heteroatoms. The van der Waals surface area contributed by atoms with Crippen molar-refractivity contribution in [3.63, 3.8) is 0 Å². The van der Waals surface area contributed by atoms with E-state index in [0.29, 0.717) is 11.4 Å². The average molecular weight is 280 g/mol. The number of nitrogens with zero attached hydrogens (tertiary/aromatic N) is 1. The van der Waals surface area contributed by atoms with Crippen LogP contribution in [0.4, 0.5) is 0 Å². The van der Waals surface area contributed by atoms with Crippen LogP contribution in [0.15, 0.2) is 27.8 Å². The topological polar surface area (TPSA) is 77.0 Å². The molecule has 1 atom stereocenters. The minimum Gasteiger partial charge on any atom is -0.462 e. The quantitative estimate of drug-likeness (QED) is 0.622. The van der Waals surface area contributed by atoms with Crippen molar-refractivity contribution in [3.8, 4) is 0 Å². The molecule has 20 heavy (non-hydrogen) atoms. The van der Waals surface area contributed by atoms with Crippen LogP contribution in [-0.2, 0) is 19.1 Å². The Bertz CT molecular complexity index is 499. The van der Waals surface area contributed by atoms with Crippen LogP contribution < -0.4 is 5.32 Å². The second kappa shape index (κ2) is 7.00. The van der Waals surface area contributed by atoms with Crippen LogP contribution >= 0.6 is 0 Å². The summed E-state index contributed by atoms with van der Waals surface area (Å²) in [6, 6.07) is 0. The van der Waals surface area contributed by atoms with Gasteiger partial charge < -0.3 is 14.8 Å². The van der Waals surface area contributed by atoms with Crippen molar-refractivity contribution in [2.24, 2.45) is 4.99 Å². The Morgan fingerprint density at radius 3 is 2.60 bits per heavy atom. The van der Waals surface area contributed by atoms with Crippen molar-refractivity contribution in [2.75, 3.05) is 13.7 Å². The van der Waals surface area contributed by atoms with E-state index in [-0.39, 0.29) is 12.2 Å². The highest BCUT2D eigenvalue weighted by Gasteiger charge is 2.28. The Labute approximate surface area is 118 Å². The van der Waals surface area contributed by atoms with Gasteiger partial charge in [0.25, 0.3) is 5.91 Å². The summed E-state index contributed by atoms with van der Waals surface area (Å²) in [7, 11) is 1.53. The first-order valence-corrected chi connectivity index (χ1v) is 6.39. The van der Waals surface area contributed by atoms with E-state index in [9.17, 15) is 9.59 Å². The monoisotopic (exact) mass is 280 g/mol. The third kappa shape index (κ3) is 3.77. The largest absolute Gasteiger partial charge is 0.462 e. The minimum absolute atomic E-state index is 0.0212. The number of rotatable bonds is 4. The molecular formula is C14H20N2O4. The number of carbonyl (C=O) groups is 2. The third-order valence-electron chi connectivity index (χ3n) is 2.71. The normalized spacial score (nSPS) is 18.4. The molecule has 0 spiro atoms. The van der Waals surface area contributed by atoms with E-state index in [1.807, 2.05) is 13.8 Å². The molecule has 1 aliphatic rings. The maximum atomic E-state index is 11.9. The molecule has 0 aliphatic carbocycles.